The Morgan fingerprint density at radius 2 is 2.11 bits per heavy atom. The van der Waals surface area contributed by atoms with E-state index < -0.39 is 0 Å². The van der Waals surface area contributed by atoms with Gasteiger partial charge in [0.15, 0.2) is 5.15 Å². The molecular formula is C15H17ClN2S. The van der Waals surface area contributed by atoms with Crippen LogP contribution < -0.4 is 5.32 Å². The van der Waals surface area contributed by atoms with Crippen LogP contribution in [0, 0.1) is 5.92 Å². The first-order valence-corrected chi connectivity index (χ1v) is 8.01. The average molecular weight is 293 g/mol. The molecular weight excluding hydrogens is 276 g/mol. The summed E-state index contributed by atoms with van der Waals surface area (Å²) in [5, 5.41) is 6.31. The summed E-state index contributed by atoms with van der Waals surface area (Å²) >= 11 is 7.98. The molecule has 2 nitrogen and oxygen atoms in total. The summed E-state index contributed by atoms with van der Waals surface area (Å²) in [6.07, 6.45) is 7.01. The molecule has 0 amide bonds. The van der Waals surface area contributed by atoms with Crippen LogP contribution in [0.4, 0.5) is 5.69 Å². The highest BCUT2D eigenvalue weighted by Gasteiger charge is 2.27. The molecule has 0 aliphatic heterocycles. The van der Waals surface area contributed by atoms with Gasteiger partial charge < -0.3 is 5.32 Å². The first kappa shape index (κ1) is 12.9. The average Bonchev–Trinajstić information content (AvgIpc) is 3.11. The number of thiophene rings is 1. The number of halogens is 1. The van der Waals surface area contributed by atoms with Crippen molar-refractivity contribution in [2.24, 2.45) is 5.92 Å². The number of aromatic nitrogens is 1. The summed E-state index contributed by atoms with van der Waals surface area (Å²) in [7, 11) is 0. The van der Waals surface area contributed by atoms with Crippen LogP contribution in [0.5, 0.6) is 0 Å². The van der Waals surface area contributed by atoms with Crippen molar-refractivity contribution in [3.05, 3.63) is 45.9 Å². The van der Waals surface area contributed by atoms with Gasteiger partial charge in [-0.15, -0.1) is 11.3 Å². The van der Waals surface area contributed by atoms with E-state index >= 15 is 0 Å². The largest absolute Gasteiger partial charge is 0.375 e. The summed E-state index contributed by atoms with van der Waals surface area (Å²) in [6.45, 7) is 0. The number of nitrogens with one attached hydrogen (secondary N) is 1. The van der Waals surface area contributed by atoms with Gasteiger partial charge in [-0.05, 0) is 42.3 Å². The van der Waals surface area contributed by atoms with Crippen molar-refractivity contribution < 1.29 is 0 Å². The van der Waals surface area contributed by atoms with E-state index in [-0.39, 0.29) is 0 Å². The molecule has 0 bridgehead atoms. The zero-order valence-electron chi connectivity index (χ0n) is 10.7. The van der Waals surface area contributed by atoms with E-state index in [2.05, 4.69) is 27.8 Å². The Hall–Kier alpha value is -1.06. The quantitative estimate of drug-likeness (QED) is 0.789. The Labute approximate surface area is 122 Å². The number of hydrogen-bond donors (Lipinski definition) is 1. The Morgan fingerprint density at radius 3 is 2.79 bits per heavy atom. The van der Waals surface area contributed by atoms with Gasteiger partial charge in [0.25, 0.3) is 0 Å². The summed E-state index contributed by atoms with van der Waals surface area (Å²) in [5.74, 6) is 0.704. The van der Waals surface area contributed by atoms with E-state index in [1.54, 1.807) is 6.20 Å². The molecule has 1 N–H and O–H groups in total. The molecule has 19 heavy (non-hydrogen) atoms. The maximum Gasteiger partial charge on any atom is 0.152 e. The number of nitrogens with zero attached hydrogens (tertiary/aromatic N) is 1. The third-order valence-electron chi connectivity index (χ3n) is 3.79. The van der Waals surface area contributed by atoms with Crippen molar-refractivity contribution >= 4 is 28.6 Å². The van der Waals surface area contributed by atoms with Crippen molar-refractivity contribution in [3.8, 4) is 0 Å². The third-order valence-corrected chi connectivity index (χ3v) is 5.05. The molecule has 4 heteroatoms. The minimum Gasteiger partial charge on any atom is -0.375 e. The van der Waals surface area contributed by atoms with E-state index in [0.717, 1.165) is 5.69 Å². The van der Waals surface area contributed by atoms with Crippen LogP contribution >= 0.6 is 22.9 Å². The van der Waals surface area contributed by atoms with Crippen molar-refractivity contribution in [2.75, 3.05) is 5.32 Å². The Balaban J connectivity index is 1.85. The van der Waals surface area contributed by atoms with Crippen molar-refractivity contribution in [1.29, 1.82) is 0 Å². The minimum absolute atomic E-state index is 0.365. The lowest BCUT2D eigenvalue weighted by atomic mass is 9.96. The van der Waals surface area contributed by atoms with Gasteiger partial charge in [-0.3, -0.25) is 0 Å². The van der Waals surface area contributed by atoms with E-state index in [1.165, 1.54) is 30.6 Å². The van der Waals surface area contributed by atoms with Crippen LogP contribution in [0.25, 0.3) is 0 Å². The highest BCUT2D eigenvalue weighted by molar-refractivity contribution is 7.10. The molecule has 0 saturated heterocycles. The monoisotopic (exact) mass is 292 g/mol. The highest BCUT2D eigenvalue weighted by atomic mass is 35.5. The van der Waals surface area contributed by atoms with E-state index in [0.29, 0.717) is 17.1 Å². The lowest BCUT2D eigenvalue weighted by Gasteiger charge is -2.25. The molecule has 1 fully saturated rings. The SMILES string of the molecule is Clc1ncccc1NC(c1cccs1)C1CCCC1. The molecule has 0 aromatic carbocycles. The lowest BCUT2D eigenvalue weighted by molar-refractivity contribution is 0.475. The summed E-state index contributed by atoms with van der Waals surface area (Å²) in [5.41, 5.74) is 0.939. The van der Waals surface area contributed by atoms with Crippen LogP contribution in [0.15, 0.2) is 35.8 Å². The van der Waals surface area contributed by atoms with E-state index in [9.17, 15) is 0 Å². The molecule has 3 rings (SSSR count). The fraction of sp³-hybridized carbons (Fsp3) is 0.400. The smallest absolute Gasteiger partial charge is 0.152 e. The van der Waals surface area contributed by atoms with E-state index in [4.69, 9.17) is 11.6 Å². The molecule has 1 aliphatic carbocycles. The second-order valence-corrected chi connectivity index (χ2v) is 6.36. The first-order valence-electron chi connectivity index (χ1n) is 6.75. The Bertz CT molecular complexity index is 521. The zero-order valence-corrected chi connectivity index (χ0v) is 12.3. The predicted molar refractivity (Wildman–Crippen MR) is 81.9 cm³/mol. The second kappa shape index (κ2) is 5.93. The number of pyridine rings is 1. The number of rotatable bonds is 4. The van der Waals surface area contributed by atoms with Gasteiger partial charge in [-0.1, -0.05) is 30.5 Å². The second-order valence-electron chi connectivity index (χ2n) is 5.02. The first-order chi connectivity index (χ1) is 9.34. The van der Waals surface area contributed by atoms with Crippen LogP contribution in [0.2, 0.25) is 5.15 Å². The fourth-order valence-corrected chi connectivity index (χ4v) is 3.88. The van der Waals surface area contributed by atoms with Crippen LogP contribution in [-0.2, 0) is 0 Å². The van der Waals surface area contributed by atoms with Gasteiger partial charge in [0.05, 0.1) is 11.7 Å². The molecule has 0 spiro atoms. The molecule has 2 aromatic rings. The standard InChI is InChI=1S/C15H17ClN2S/c16-15-12(7-3-9-17-15)18-14(11-5-1-2-6-11)13-8-4-10-19-13/h3-4,7-11,14,18H,1-2,5-6H2. The summed E-state index contributed by atoms with van der Waals surface area (Å²) in [4.78, 5) is 5.54. The van der Waals surface area contributed by atoms with Crippen molar-refractivity contribution in [3.63, 3.8) is 0 Å². The van der Waals surface area contributed by atoms with Crippen LogP contribution in [0.3, 0.4) is 0 Å². The van der Waals surface area contributed by atoms with Gasteiger partial charge in [-0.2, -0.15) is 0 Å². The van der Waals surface area contributed by atoms with Crippen molar-refractivity contribution in [2.45, 2.75) is 31.7 Å². The minimum atomic E-state index is 0.365. The highest BCUT2D eigenvalue weighted by Crippen LogP contribution is 2.40. The Kier molecular flexibility index (Phi) is 4.04. The molecule has 0 radical (unpaired) electrons. The van der Waals surface area contributed by atoms with Crippen molar-refractivity contribution in [1.82, 2.24) is 4.98 Å². The molecule has 1 saturated carbocycles. The van der Waals surface area contributed by atoms with Gasteiger partial charge in [-0.25, -0.2) is 4.98 Å². The lowest BCUT2D eigenvalue weighted by Crippen LogP contribution is -2.18. The molecule has 100 valence electrons. The fourth-order valence-electron chi connectivity index (χ4n) is 2.84. The van der Waals surface area contributed by atoms with Gasteiger partial charge in [0, 0.05) is 11.1 Å². The summed E-state index contributed by atoms with van der Waals surface area (Å²) < 4.78 is 0. The normalized spacial score (nSPS) is 17.5. The van der Waals surface area contributed by atoms with Crippen LogP contribution in [-0.4, -0.2) is 4.98 Å². The Morgan fingerprint density at radius 1 is 1.26 bits per heavy atom. The predicted octanol–water partition coefficient (Wildman–Crippen LogP) is 5.14. The van der Waals surface area contributed by atoms with Gasteiger partial charge in [0.1, 0.15) is 0 Å². The van der Waals surface area contributed by atoms with Crippen LogP contribution in [0.1, 0.15) is 36.6 Å². The molecule has 1 aliphatic rings. The maximum absolute atomic E-state index is 6.17. The van der Waals surface area contributed by atoms with E-state index in [1.807, 2.05) is 23.5 Å². The molecule has 1 atom stereocenters. The number of hydrogen-bond acceptors (Lipinski definition) is 3. The van der Waals surface area contributed by atoms with Gasteiger partial charge in [0.2, 0.25) is 0 Å². The molecule has 2 aromatic heterocycles. The third kappa shape index (κ3) is 2.93. The maximum atomic E-state index is 6.17. The number of anilines is 1. The molecule has 1 unspecified atom stereocenters. The molecule has 2 heterocycles. The zero-order chi connectivity index (χ0) is 13.1. The summed E-state index contributed by atoms with van der Waals surface area (Å²) in [6, 6.07) is 8.63. The topological polar surface area (TPSA) is 24.9 Å². The van der Waals surface area contributed by atoms with Gasteiger partial charge >= 0.3 is 0 Å².